The lowest BCUT2D eigenvalue weighted by Crippen LogP contribution is -2.30. The lowest BCUT2D eigenvalue weighted by atomic mass is 10.0. The highest BCUT2D eigenvalue weighted by molar-refractivity contribution is 5.70. The fraction of sp³-hybridized carbons (Fsp3) is 0.770. The molecule has 0 aromatic rings. The Morgan fingerprint density at radius 1 is 0.348 bits per heavy atom. The van der Waals surface area contributed by atoms with Crippen molar-refractivity contribution < 1.29 is 23.8 Å². The summed E-state index contributed by atoms with van der Waals surface area (Å²) in [6, 6.07) is 0. The molecular formula is C61H108O5. The van der Waals surface area contributed by atoms with Gasteiger partial charge in [0.2, 0.25) is 0 Å². The summed E-state index contributed by atoms with van der Waals surface area (Å²) in [5, 5.41) is 0. The minimum atomic E-state index is -0.565. The van der Waals surface area contributed by atoms with Gasteiger partial charge >= 0.3 is 11.9 Å². The standard InChI is InChI=1S/C61H108O5/c1-4-7-10-13-16-19-22-24-26-28-30-32-34-36-38-41-44-47-50-53-56-64-57-59(66-61(63)55-52-49-46-43-39-21-18-15-12-9-6-3)58-65-60(62)54-51-48-45-42-40-37-35-33-31-29-27-25-23-20-17-14-11-8-5-2/h8,11,17,20,25,27,31,33,37,40,45,48,59H,4-7,9-10,12-16,18-19,21-24,26,28-30,32,34-36,38-39,41-44,46-47,49-58H2,1-3H3/b11-8-,20-17-,27-25-,33-31-,40-37-,48-45-. The van der Waals surface area contributed by atoms with E-state index in [0.29, 0.717) is 25.9 Å². The lowest BCUT2D eigenvalue weighted by molar-refractivity contribution is -0.162. The molecule has 0 heterocycles. The molecule has 0 aromatic carbocycles. The molecule has 5 nitrogen and oxygen atoms in total. The van der Waals surface area contributed by atoms with Crippen molar-refractivity contribution >= 4 is 11.9 Å². The third kappa shape index (κ3) is 54.0. The molecule has 0 fully saturated rings. The number of hydrogen-bond donors (Lipinski definition) is 0. The van der Waals surface area contributed by atoms with Crippen molar-refractivity contribution in [2.45, 2.75) is 284 Å². The molecule has 1 atom stereocenters. The minimum Gasteiger partial charge on any atom is -0.462 e. The average molecular weight is 922 g/mol. The Hall–Kier alpha value is -2.66. The molecule has 0 rings (SSSR count). The van der Waals surface area contributed by atoms with Crippen molar-refractivity contribution in [1.29, 1.82) is 0 Å². The zero-order chi connectivity index (χ0) is 47.7. The maximum Gasteiger partial charge on any atom is 0.306 e. The van der Waals surface area contributed by atoms with Gasteiger partial charge in [-0.25, -0.2) is 0 Å². The van der Waals surface area contributed by atoms with Crippen LogP contribution in [-0.4, -0.2) is 37.9 Å². The van der Waals surface area contributed by atoms with Gasteiger partial charge in [0.25, 0.3) is 0 Å². The highest BCUT2D eigenvalue weighted by atomic mass is 16.6. The summed E-state index contributed by atoms with van der Waals surface area (Å²) in [5.74, 6) is -0.484. The fourth-order valence-electron chi connectivity index (χ4n) is 8.07. The highest BCUT2D eigenvalue weighted by Gasteiger charge is 2.17. The van der Waals surface area contributed by atoms with Crippen LogP contribution in [0.1, 0.15) is 278 Å². The summed E-state index contributed by atoms with van der Waals surface area (Å²) in [6.07, 6.45) is 73.7. The second kappa shape index (κ2) is 56.7. The smallest absolute Gasteiger partial charge is 0.306 e. The summed E-state index contributed by atoms with van der Waals surface area (Å²) in [7, 11) is 0. The van der Waals surface area contributed by atoms with Crippen LogP contribution in [-0.2, 0) is 23.8 Å². The second-order valence-corrected chi connectivity index (χ2v) is 18.8. The van der Waals surface area contributed by atoms with Crippen molar-refractivity contribution in [1.82, 2.24) is 0 Å². The van der Waals surface area contributed by atoms with Gasteiger partial charge in [-0.2, -0.15) is 0 Å². The molecule has 0 aliphatic heterocycles. The van der Waals surface area contributed by atoms with Crippen molar-refractivity contribution in [2.75, 3.05) is 19.8 Å². The first-order valence-corrected chi connectivity index (χ1v) is 28.5. The Kier molecular flexibility index (Phi) is 54.4. The molecule has 1 unspecified atom stereocenters. The maximum atomic E-state index is 12.8. The number of rotatable bonds is 52. The molecule has 0 aromatic heterocycles. The fourth-order valence-corrected chi connectivity index (χ4v) is 8.07. The van der Waals surface area contributed by atoms with Crippen LogP contribution in [0.2, 0.25) is 0 Å². The van der Waals surface area contributed by atoms with Crippen LogP contribution >= 0.6 is 0 Å². The van der Waals surface area contributed by atoms with Gasteiger partial charge in [-0.05, 0) is 57.8 Å². The molecule has 0 bridgehead atoms. The molecule has 382 valence electrons. The molecule has 0 aliphatic carbocycles. The van der Waals surface area contributed by atoms with Gasteiger partial charge in [-0.15, -0.1) is 0 Å². The van der Waals surface area contributed by atoms with E-state index in [4.69, 9.17) is 14.2 Å². The summed E-state index contributed by atoms with van der Waals surface area (Å²) in [4.78, 5) is 25.4. The first-order chi connectivity index (χ1) is 32.6. The second-order valence-electron chi connectivity index (χ2n) is 18.8. The van der Waals surface area contributed by atoms with Crippen LogP contribution in [0.5, 0.6) is 0 Å². The van der Waals surface area contributed by atoms with E-state index in [1.165, 1.54) is 173 Å². The molecule has 0 N–H and O–H groups in total. The van der Waals surface area contributed by atoms with E-state index in [2.05, 4.69) is 87.6 Å². The van der Waals surface area contributed by atoms with E-state index in [-0.39, 0.29) is 25.2 Å². The predicted octanol–water partition coefficient (Wildman–Crippen LogP) is 19.5. The van der Waals surface area contributed by atoms with Gasteiger partial charge in [0.1, 0.15) is 6.61 Å². The van der Waals surface area contributed by atoms with Crippen LogP contribution < -0.4 is 0 Å². The summed E-state index contributed by atoms with van der Waals surface area (Å²) in [5.41, 5.74) is 0. The van der Waals surface area contributed by atoms with Gasteiger partial charge in [0.05, 0.1) is 6.61 Å². The Morgan fingerprint density at radius 2 is 0.682 bits per heavy atom. The third-order valence-corrected chi connectivity index (χ3v) is 12.3. The Balaban J connectivity index is 4.28. The lowest BCUT2D eigenvalue weighted by Gasteiger charge is -2.18. The molecule has 0 saturated carbocycles. The Labute approximate surface area is 410 Å². The van der Waals surface area contributed by atoms with Gasteiger partial charge in [0.15, 0.2) is 6.10 Å². The number of carbonyl (C=O) groups is 2. The van der Waals surface area contributed by atoms with Crippen molar-refractivity contribution in [2.24, 2.45) is 0 Å². The van der Waals surface area contributed by atoms with E-state index in [1.54, 1.807) is 0 Å². The number of unbranched alkanes of at least 4 members (excludes halogenated alkanes) is 29. The van der Waals surface area contributed by atoms with Crippen LogP contribution in [0, 0.1) is 0 Å². The Morgan fingerprint density at radius 3 is 1.06 bits per heavy atom. The van der Waals surface area contributed by atoms with Gasteiger partial charge in [-0.1, -0.05) is 280 Å². The van der Waals surface area contributed by atoms with Crippen LogP contribution in [0.3, 0.4) is 0 Å². The molecular weight excluding hydrogens is 813 g/mol. The molecule has 0 amide bonds. The topological polar surface area (TPSA) is 61.8 Å². The van der Waals surface area contributed by atoms with Crippen LogP contribution in [0.4, 0.5) is 0 Å². The highest BCUT2D eigenvalue weighted by Crippen LogP contribution is 2.16. The molecule has 0 saturated heterocycles. The minimum absolute atomic E-state index is 0.0475. The van der Waals surface area contributed by atoms with E-state index < -0.39 is 6.10 Å². The van der Waals surface area contributed by atoms with E-state index in [9.17, 15) is 9.59 Å². The quantitative estimate of drug-likeness (QED) is 0.0346. The average Bonchev–Trinajstić information content (AvgIpc) is 3.32. The summed E-state index contributed by atoms with van der Waals surface area (Å²) >= 11 is 0. The van der Waals surface area contributed by atoms with Crippen molar-refractivity contribution in [3.63, 3.8) is 0 Å². The predicted molar refractivity (Wildman–Crippen MR) is 288 cm³/mol. The largest absolute Gasteiger partial charge is 0.462 e. The SMILES string of the molecule is CC/C=C\C/C=C\C/C=C\C/C=C\C/C=C\C/C=C\CCC(=O)OCC(COCCCCCCCCCCCCCCCCCCCCCC)OC(=O)CCCCCCCCCCCCC. The summed E-state index contributed by atoms with van der Waals surface area (Å²) < 4.78 is 17.4. The zero-order valence-corrected chi connectivity index (χ0v) is 44.0. The molecule has 5 heteroatoms. The zero-order valence-electron chi connectivity index (χ0n) is 44.0. The molecule has 0 radical (unpaired) electrons. The normalized spacial score (nSPS) is 12.7. The first kappa shape index (κ1) is 63.3. The van der Waals surface area contributed by atoms with E-state index in [0.717, 1.165) is 64.2 Å². The molecule has 0 aliphatic rings. The number of allylic oxidation sites excluding steroid dienone is 12. The van der Waals surface area contributed by atoms with Crippen LogP contribution in [0.15, 0.2) is 72.9 Å². The van der Waals surface area contributed by atoms with E-state index >= 15 is 0 Å². The van der Waals surface area contributed by atoms with Gasteiger partial charge in [-0.3, -0.25) is 9.59 Å². The van der Waals surface area contributed by atoms with Gasteiger partial charge in [0, 0.05) is 19.4 Å². The van der Waals surface area contributed by atoms with E-state index in [1.807, 2.05) is 6.08 Å². The molecule has 0 spiro atoms. The maximum absolute atomic E-state index is 12.8. The summed E-state index contributed by atoms with van der Waals surface area (Å²) in [6.45, 7) is 7.67. The number of carbonyl (C=O) groups excluding carboxylic acids is 2. The Bertz CT molecular complexity index is 1180. The van der Waals surface area contributed by atoms with Crippen LogP contribution in [0.25, 0.3) is 0 Å². The number of esters is 2. The number of ether oxygens (including phenoxy) is 3. The van der Waals surface area contributed by atoms with Crippen molar-refractivity contribution in [3.05, 3.63) is 72.9 Å². The monoisotopic (exact) mass is 921 g/mol. The number of hydrogen-bond acceptors (Lipinski definition) is 5. The van der Waals surface area contributed by atoms with Crippen molar-refractivity contribution in [3.8, 4) is 0 Å². The third-order valence-electron chi connectivity index (χ3n) is 12.3. The molecule has 66 heavy (non-hydrogen) atoms. The van der Waals surface area contributed by atoms with Gasteiger partial charge < -0.3 is 14.2 Å². The first-order valence-electron chi connectivity index (χ1n) is 28.5.